The lowest BCUT2D eigenvalue weighted by atomic mass is 9.81. The fourth-order valence-corrected chi connectivity index (χ4v) is 14.9. The van der Waals surface area contributed by atoms with Crippen LogP contribution in [0.4, 0.5) is 0 Å². The summed E-state index contributed by atoms with van der Waals surface area (Å²) in [5.74, 6) is -12.0. The van der Waals surface area contributed by atoms with Gasteiger partial charge in [0, 0.05) is 102 Å². The van der Waals surface area contributed by atoms with Crippen molar-refractivity contribution in [3.63, 3.8) is 0 Å². The highest BCUT2D eigenvalue weighted by atomic mass is 32.2. The number of nitrogens with one attached hydrogen (secondary N) is 8. The molecular weight excluding hydrogens is 1200 g/mol. The van der Waals surface area contributed by atoms with Crippen LogP contribution in [0.1, 0.15) is 89.7 Å². The molecule has 3 fully saturated rings. The third-order valence-electron chi connectivity index (χ3n) is 17.8. The zero-order chi connectivity index (χ0) is 64.5. The van der Waals surface area contributed by atoms with Crippen molar-refractivity contribution in [2.45, 2.75) is 149 Å². The van der Waals surface area contributed by atoms with E-state index in [2.05, 4.69) is 42.2 Å². The summed E-state index contributed by atoms with van der Waals surface area (Å²) < 4.78 is 21.3. The maximum absolute atomic E-state index is 15.4. The van der Waals surface area contributed by atoms with Crippen molar-refractivity contribution in [1.29, 1.82) is 0 Å². The molecule has 0 radical (unpaired) electrons. The van der Waals surface area contributed by atoms with E-state index in [1.807, 2.05) is 4.90 Å². The van der Waals surface area contributed by atoms with E-state index in [4.69, 9.17) is 10.5 Å². The maximum Gasteiger partial charge on any atom is 0.253 e. The average molecular weight is 1280 g/mol. The first-order valence-corrected chi connectivity index (χ1v) is 32.4. The van der Waals surface area contributed by atoms with Gasteiger partial charge in [0.15, 0.2) is 6.04 Å². The highest BCUT2D eigenvalue weighted by Crippen LogP contribution is 2.39. The number of hydrogen-bond acceptors (Lipinski definition) is 18. The molecule has 0 spiro atoms. The number of fused-ring (bicyclic) bond motifs is 5. The van der Waals surface area contributed by atoms with Crippen LogP contribution in [0.3, 0.4) is 0 Å². The molecule has 89 heavy (non-hydrogen) atoms. The number of benzene rings is 1. The molecule has 29 nitrogen and oxygen atoms in total. The van der Waals surface area contributed by atoms with Gasteiger partial charge in [-0.15, -0.1) is 0 Å². The Labute approximate surface area is 520 Å². The first-order chi connectivity index (χ1) is 42.4. The van der Waals surface area contributed by atoms with Crippen LogP contribution in [-0.2, 0) is 80.9 Å². The normalized spacial score (nSPS) is 28.6. The number of amides is 12. The Hall–Kier alpha value is -7.32. The molecule has 2 bridgehead atoms. The predicted molar refractivity (Wildman–Crippen MR) is 319 cm³/mol. The van der Waals surface area contributed by atoms with Crippen LogP contribution in [0.25, 0.3) is 10.9 Å². The SMILES string of the molecule is CC[C@H](C)[C@@H]1NC(=O)CNC(=O)[C@@H]2Cc3c([nH]c4c(CSC5CCN(C(=O)C6CCC(CN7C(=O)C=CC7=O)CC6)CC5)c(OC)ccc34)[S+]([O-])C[C@H](NC(=O)CNC1=O)C(=O)N[C@@H](CC(N)=O)C(=O)N1C[C@H](O)C[C@H]1C(=O)N[C@@H]([C@@H](C)[C@@H](O)CO)C(=O)N2. The molecule has 12 amide bonds. The van der Waals surface area contributed by atoms with Gasteiger partial charge >= 0.3 is 0 Å². The second kappa shape index (κ2) is 30.0. The number of thioether (sulfide) groups is 1. The molecule has 2 saturated heterocycles. The van der Waals surface area contributed by atoms with E-state index < -0.39 is 176 Å². The van der Waals surface area contributed by atoms with Crippen molar-refractivity contribution in [3.05, 3.63) is 35.4 Å². The van der Waals surface area contributed by atoms with Crippen LogP contribution in [0.2, 0.25) is 0 Å². The van der Waals surface area contributed by atoms with E-state index in [0.717, 1.165) is 4.90 Å². The summed E-state index contributed by atoms with van der Waals surface area (Å²) in [7, 11) is 1.45. The lowest BCUT2D eigenvalue weighted by Gasteiger charge is -2.36. The van der Waals surface area contributed by atoms with Gasteiger partial charge in [-0.05, 0) is 62.5 Å². The number of methoxy groups -OCH3 is 1. The molecule has 1 aliphatic carbocycles. The van der Waals surface area contributed by atoms with E-state index in [1.54, 1.807) is 37.7 Å². The van der Waals surface area contributed by atoms with Gasteiger partial charge < -0.3 is 82.3 Å². The molecule has 6 heterocycles. The monoisotopic (exact) mass is 1280 g/mol. The molecule has 1 saturated carbocycles. The van der Waals surface area contributed by atoms with E-state index in [9.17, 15) is 72.9 Å². The van der Waals surface area contributed by atoms with E-state index in [-0.39, 0.29) is 51.1 Å². The van der Waals surface area contributed by atoms with Crippen LogP contribution >= 0.6 is 11.8 Å². The number of hydrogen-bond donors (Lipinski definition) is 12. The molecule has 8 rings (SSSR count). The third kappa shape index (κ3) is 16.2. The minimum absolute atomic E-state index is 0.0366. The number of imide groups is 1. The summed E-state index contributed by atoms with van der Waals surface area (Å²) in [6.45, 7) is 3.01. The number of aliphatic hydroxyl groups excluding tert-OH is 3. The number of H-pyrrole nitrogens is 1. The summed E-state index contributed by atoms with van der Waals surface area (Å²) in [5.41, 5.74) is 6.63. The van der Waals surface area contributed by atoms with Crippen molar-refractivity contribution >= 4 is 105 Å². The van der Waals surface area contributed by atoms with Crippen LogP contribution in [-0.4, -0.2) is 223 Å². The number of primary amides is 1. The lowest BCUT2D eigenvalue weighted by molar-refractivity contribution is -0.144. The fraction of sp³-hybridized carbons (Fsp3) is 0.621. The quantitative estimate of drug-likeness (QED) is 0.0641. The smallest absolute Gasteiger partial charge is 0.253 e. The van der Waals surface area contributed by atoms with Gasteiger partial charge in [-0.25, -0.2) is 0 Å². The number of aromatic amines is 1. The Morgan fingerprint density at radius 1 is 0.820 bits per heavy atom. The van der Waals surface area contributed by atoms with Gasteiger partial charge in [0.2, 0.25) is 64.1 Å². The summed E-state index contributed by atoms with van der Waals surface area (Å²) in [5, 5.41) is 49.9. The molecule has 13 N–H and O–H groups in total. The zero-order valence-corrected chi connectivity index (χ0v) is 51.7. The number of likely N-dealkylation sites (tertiary alicyclic amines) is 1. The number of nitrogens with zero attached hydrogens (tertiary/aromatic N) is 3. The summed E-state index contributed by atoms with van der Waals surface area (Å²) >= 11 is -0.877. The summed E-state index contributed by atoms with van der Waals surface area (Å²) in [6, 6.07) is -6.92. The Morgan fingerprint density at radius 3 is 2.12 bits per heavy atom. The van der Waals surface area contributed by atoms with Gasteiger partial charge in [-0.3, -0.25) is 62.4 Å². The number of carbonyl (C=O) groups excluding carboxylic acids is 12. The van der Waals surface area contributed by atoms with E-state index in [0.29, 0.717) is 86.8 Å². The Morgan fingerprint density at radius 2 is 1.48 bits per heavy atom. The lowest BCUT2D eigenvalue weighted by Crippen LogP contribution is -2.62. The fourth-order valence-electron chi connectivity index (χ4n) is 12.3. The van der Waals surface area contributed by atoms with Gasteiger partial charge in [0.1, 0.15) is 41.7 Å². The highest BCUT2D eigenvalue weighted by Gasteiger charge is 2.46. The van der Waals surface area contributed by atoms with Crippen molar-refractivity contribution < 1.29 is 82.1 Å². The molecule has 5 aliphatic heterocycles. The topological polar surface area (TPSA) is 434 Å². The number of piperidine rings is 1. The first-order valence-electron chi connectivity index (χ1n) is 30.0. The Kier molecular flexibility index (Phi) is 22.8. The maximum atomic E-state index is 15.4. The summed E-state index contributed by atoms with van der Waals surface area (Å²) in [4.78, 5) is 173. The molecule has 6 aliphatic rings. The zero-order valence-electron chi connectivity index (χ0n) is 50.0. The molecule has 2 aromatic rings. The van der Waals surface area contributed by atoms with Gasteiger partial charge in [-0.2, -0.15) is 11.8 Å². The highest BCUT2D eigenvalue weighted by molar-refractivity contribution is 7.99. The second-order valence-corrected chi connectivity index (χ2v) is 26.5. The standard InChI is InChI=1S/C58H80N12O17S2/c1-5-28(2)48-54(82)61-21-44(75)62-39-27-89(86)56-35(34-10-11-42(87-4)36(50(34)67-56)26-88-33-14-16-68(17-15-33)57(84)31-8-6-30(7-9-31)23-70-46(77)12-13-47(70)78)19-37(51(79)60-22-45(76)65-48)63-55(83)49(29(3)41(73)25-71)66-53(81)40-18-32(72)24-69(40)58(85)38(20-43(59)74)64-52(39)80/h10-13,28-33,37-41,48-49,67,71-73H,5-9,14-27H2,1-4H3,(H2,59,74)(H,60,79)(H,61,82)(H,62,75)(H,63,83)(H,64,80)(H,65,76)(H,66,81)/t28-,29-,30?,31?,32+,37-,38-,39-,40-,41-,48-,49-,89?/m0/s1. The van der Waals surface area contributed by atoms with Crippen LogP contribution < -0.4 is 47.7 Å². The largest absolute Gasteiger partial charge is 0.610 e. The second-order valence-electron chi connectivity index (χ2n) is 23.8. The molecule has 31 heteroatoms. The average Bonchev–Trinajstić information content (AvgIpc) is 1.67. The number of nitrogens with two attached hydrogens (primary N) is 1. The number of aromatic nitrogens is 1. The number of carbonyl (C=O) groups is 12. The minimum atomic E-state index is -2.45. The van der Waals surface area contributed by atoms with E-state index >= 15 is 4.55 Å². The van der Waals surface area contributed by atoms with Crippen molar-refractivity contribution in [1.82, 2.24) is 56.9 Å². The first kappa shape index (κ1) is 67.6. The molecular formula is C58H80N12O17S2. The van der Waals surface area contributed by atoms with E-state index in [1.165, 1.54) is 31.1 Å². The van der Waals surface area contributed by atoms with Crippen molar-refractivity contribution in [2.75, 3.05) is 58.7 Å². The molecule has 486 valence electrons. The van der Waals surface area contributed by atoms with Crippen molar-refractivity contribution in [3.8, 4) is 5.75 Å². The number of rotatable bonds is 14. The third-order valence-corrected chi connectivity index (χ3v) is 20.6. The molecule has 1 aromatic heterocycles. The van der Waals surface area contributed by atoms with Crippen LogP contribution in [0.5, 0.6) is 5.75 Å². The summed E-state index contributed by atoms with van der Waals surface area (Å²) in [6.07, 6.45) is 1.94. The Balaban J connectivity index is 1.16. The number of ether oxygens (including phenoxy) is 1. The predicted octanol–water partition coefficient (Wildman–Crippen LogP) is -3.66. The van der Waals surface area contributed by atoms with Gasteiger partial charge in [-0.1, -0.05) is 27.2 Å². The Bertz CT molecular complexity index is 3080. The van der Waals surface area contributed by atoms with Crippen LogP contribution in [0, 0.1) is 23.7 Å². The number of aliphatic hydroxyl groups is 3. The van der Waals surface area contributed by atoms with Crippen molar-refractivity contribution in [2.24, 2.45) is 29.4 Å². The van der Waals surface area contributed by atoms with Gasteiger partial charge in [0.05, 0.1) is 51.0 Å². The molecule has 1 aromatic carbocycles. The molecule has 1 unspecified atom stereocenters. The van der Waals surface area contributed by atoms with Gasteiger partial charge in [0.25, 0.3) is 11.8 Å². The van der Waals surface area contributed by atoms with Crippen LogP contribution in [0.15, 0.2) is 29.3 Å². The molecule has 11 atom stereocenters. The minimum Gasteiger partial charge on any atom is -0.610 e.